The Balaban J connectivity index is 2.20. The van der Waals surface area contributed by atoms with Gasteiger partial charge in [0.1, 0.15) is 0 Å². The highest BCUT2D eigenvalue weighted by Gasteiger charge is 2.17. The molecule has 0 aliphatic carbocycles. The number of carbonyl (C=O) groups is 1. The molecule has 2 aromatic rings. The van der Waals surface area contributed by atoms with E-state index in [9.17, 15) is 13.2 Å². The number of methoxy groups -OCH3 is 1. The van der Waals surface area contributed by atoms with E-state index in [1.807, 2.05) is 24.3 Å². The van der Waals surface area contributed by atoms with Gasteiger partial charge in [-0.1, -0.05) is 37.3 Å². The summed E-state index contributed by atoms with van der Waals surface area (Å²) in [7, 11) is -1.99. The maximum atomic E-state index is 12.6. The molecule has 0 saturated carbocycles. The molecule has 7 heteroatoms. The Labute approximate surface area is 154 Å². The van der Waals surface area contributed by atoms with Gasteiger partial charge in [-0.25, -0.2) is 13.1 Å². The van der Waals surface area contributed by atoms with E-state index >= 15 is 0 Å². The highest BCUT2D eigenvalue weighted by atomic mass is 32.2. The largest absolute Gasteiger partial charge is 0.380 e. The van der Waals surface area contributed by atoms with Gasteiger partial charge < -0.3 is 10.1 Å². The van der Waals surface area contributed by atoms with Gasteiger partial charge in [-0.2, -0.15) is 0 Å². The highest BCUT2D eigenvalue weighted by Crippen LogP contribution is 2.16. The molecule has 0 atom stereocenters. The van der Waals surface area contributed by atoms with Crippen molar-refractivity contribution in [1.82, 2.24) is 10.0 Å². The number of carbonyl (C=O) groups excluding carboxylic acids is 1. The number of ether oxygens (including phenoxy) is 1. The van der Waals surface area contributed by atoms with Gasteiger partial charge in [-0.15, -0.1) is 0 Å². The molecule has 2 rings (SSSR count). The third-order valence-corrected chi connectivity index (χ3v) is 5.50. The number of amides is 1. The molecular weight excluding hydrogens is 352 g/mol. The maximum Gasteiger partial charge on any atom is 0.251 e. The standard InChI is InChI=1S/C19H24N2O4S/c1-4-21-26(23,24)17-10-9-14(2)18(11-17)19(22)20-12-15-7-5-6-8-16(15)13-25-3/h5-11,21H,4,12-13H2,1-3H3,(H,20,22). The van der Waals surface area contributed by atoms with Gasteiger partial charge >= 0.3 is 0 Å². The van der Waals surface area contributed by atoms with Crippen LogP contribution < -0.4 is 10.0 Å². The Bertz CT molecular complexity index is 879. The van der Waals surface area contributed by atoms with Crippen molar-refractivity contribution in [2.75, 3.05) is 13.7 Å². The predicted molar refractivity (Wildman–Crippen MR) is 100 cm³/mol. The summed E-state index contributed by atoms with van der Waals surface area (Å²) in [5.41, 5.74) is 3.00. The molecule has 0 aliphatic heterocycles. The van der Waals surface area contributed by atoms with E-state index < -0.39 is 10.0 Å². The monoisotopic (exact) mass is 376 g/mol. The lowest BCUT2D eigenvalue weighted by atomic mass is 10.1. The molecular formula is C19H24N2O4S. The molecule has 0 fully saturated rings. The first-order valence-corrected chi connectivity index (χ1v) is 9.81. The second-order valence-electron chi connectivity index (χ2n) is 5.86. The molecule has 140 valence electrons. The van der Waals surface area contributed by atoms with Crippen LogP contribution in [0.2, 0.25) is 0 Å². The first-order valence-electron chi connectivity index (χ1n) is 8.33. The number of nitrogens with one attached hydrogen (secondary N) is 2. The number of rotatable bonds is 8. The van der Waals surface area contributed by atoms with E-state index in [1.165, 1.54) is 12.1 Å². The highest BCUT2D eigenvalue weighted by molar-refractivity contribution is 7.89. The van der Waals surface area contributed by atoms with E-state index in [4.69, 9.17) is 4.74 Å². The van der Waals surface area contributed by atoms with Crippen LogP contribution in [0.4, 0.5) is 0 Å². The van der Waals surface area contributed by atoms with E-state index in [0.29, 0.717) is 24.3 Å². The summed E-state index contributed by atoms with van der Waals surface area (Å²) in [6.45, 7) is 4.56. The molecule has 26 heavy (non-hydrogen) atoms. The number of hydrogen-bond donors (Lipinski definition) is 2. The van der Waals surface area contributed by atoms with Crippen LogP contribution in [0.15, 0.2) is 47.4 Å². The zero-order chi connectivity index (χ0) is 19.2. The Kier molecular flexibility index (Phi) is 6.90. The van der Waals surface area contributed by atoms with Gasteiger partial charge in [-0.3, -0.25) is 4.79 Å². The van der Waals surface area contributed by atoms with Crippen molar-refractivity contribution in [2.45, 2.75) is 31.9 Å². The molecule has 2 N–H and O–H groups in total. The molecule has 6 nitrogen and oxygen atoms in total. The quantitative estimate of drug-likeness (QED) is 0.741. The summed E-state index contributed by atoms with van der Waals surface area (Å²) in [4.78, 5) is 12.7. The molecule has 0 saturated heterocycles. The number of sulfonamides is 1. The van der Waals surface area contributed by atoms with E-state index in [1.54, 1.807) is 27.0 Å². The molecule has 0 aliphatic rings. The van der Waals surface area contributed by atoms with Crippen molar-refractivity contribution < 1.29 is 17.9 Å². The second-order valence-corrected chi connectivity index (χ2v) is 7.63. The number of benzene rings is 2. The lowest BCUT2D eigenvalue weighted by molar-refractivity contribution is 0.0949. The topological polar surface area (TPSA) is 84.5 Å². The fraction of sp³-hybridized carbons (Fsp3) is 0.316. The minimum atomic E-state index is -3.61. The van der Waals surface area contributed by atoms with Gasteiger partial charge in [0.05, 0.1) is 11.5 Å². The fourth-order valence-corrected chi connectivity index (χ4v) is 3.65. The van der Waals surface area contributed by atoms with Crippen molar-refractivity contribution >= 4 is 15.9 Å². The Morgan fingerprint density at radius 3 is 2.46 bits per heavy atom. The van der Waals surface area contributed by atoms with Crippen LogP contribution in [-0.4, -0.2) is 28.0 Å². The van der Waals surface area contributed by atoms with Gasteiger partial charge in [0, 0.05) is 25.8 Å². The summed E-state index contributed by atoms with van der Waals surface area (Å²) in [5.74, 6) is -0.316. The molecule has 0 aromatic heterocycles. The SMILES string of the molecule is CCNS(=O)(=O)c1ccc(C)c(C(=O)NCc2ccccc2COC)c1. The van der Waals surface area contributed by atoms with Gasteiger partial charge in [-0.05, 0) is 35.7 Å². The lowest BCUT2D eigenvalue weighted by Crippen LogP contribution is -2.26. The normalized spacial score (nSPS) is 11.3. The van der Waals surface area contributed by atoms with Crippen molar-refractivity contribution in [3.05, 3.63) is 64.7 Å². The Morgan fingerprint density at radius 2 is 1.81 bits per heavy atom. The molecule has 0 bridgehead atoms. The molecule has 1 amide bonds. The van der Waals surface area contributed by atoms with Crippen LogP contribution >= 0.6 is 0 Å². The third-order valence-electron chi connectivity index (χ3n) is 3.96. The van der Waals surface area contributed by atoms with E-state index in [-0.39, 0.29) is 17.3 Å². The summed E-state index contributed by atoms with van der Waals surface area (Å²) in [6.07, 6.45) is 0. The zero-order valence-electron chi connectivity index (χ0n) is 15.2. The lowest BCUT2D eigenvalue weighted by Gasteiger charge is -2.12. The number of aryl methyl sites for hydroxylation is 1. The first-order chi connectivity index (χ1) is 12.4. The predicted octanol–water partition coefficient (Wildman–Crippen LogP) is 2.37. The Morgan fingerprint density at radius 1 is 1.12 bits per heavy atom. The van der Waals surface area contributed by atoms with Crippen LogP contribution in [0.25, 0.3) is 0 Å². The summed E-state index contributed by atoms with van der Waals surface area (Å²) < 4.78 is 31.9. The van der Waals surface area contributed by atoms with Gasteiger partial charge in [0.15, 0.2) is 0 Å². The van der Waals surface area contributed by atoms with Gasteiger partial charge in [0.2, 0.25) is 10.0 Å². The van der Waals surface area contributed by atoms with E-state index in [0.717, 1.165) is 11.1 Å². The van der Waals surface area contributed by atoms with Crippen molar-refractivity contribution in [2.24, 2.45) is 0 Å². The van der Waals surface area contributed by atoms with Crippen LogP contribution in [0.5, 0.6) is 0 Å². The molecule has 0 heterocycles. The average molecular weight is 376 g/mol. The molecule has 2 aromatic carbocycles. The fourth-order valence-electron chi connectivity index (χ4n) is 2.58. The summed E-state index contributed by atoms with van der Waals surface area (Å²) >= 11 is 0. The van der Waals surface area contributed by atoms with Crippen LogP contribution in [0.1, 0.15) is 34.0 Å². The van der Waals surface area contributed by atoms with Crippen LogP contribution in [0, 0.1) is 6.92 Å². The van der Waals surface area contributed by atoms with Crippen molar-refractivity contribution in [3.63, 3.8) is 0 Å². The summed E-state index contributed by atoms with van der Waals surface area (Å²) in [5, 5.41) is 2.86. The summed E-state index contributed by atoms with van der Waals surface area (Å²) in [6, 6.07) is 12.2. The molecule has 0 unspecified atom stereocenters. The Hall–Kier alpha value is -2.22. The molecule has 0 radical (unpaired) electrons. The van der Waals surface area contributed by atoms with Crippen molar-refractivity contribution in [1.29, 1.82) is 0 Å². The smallest absolute Gasteiger partial charge is 0.251 e. The third kappa shape index (κ3) is 4.91. The zero-order valence-corrected chi connectivity index (χ0v) is 16.0. The minimum Gasteiger partial charge on any atom is -0.380 e. The van der Waals surface area contributed by atoms with Crippen LogP contribution in [-0.2, 0) is 27.9 Å². The molecule has 0 spiro atoms. The second kappa shape index (κ2) is 8.93. The van der Waals surface area contributed by atoms with E-state index in [2.05, 4.69) is 10.0 Å². The maximum absolute atomic E-state index is 12.6. The van der Waals surface area contributed by atoms with Crippen LogP contribution in [0.3, 0.4) is 0 Å². The van der Waals surface area contributed by atoms with Crippen molar-refractivity contribution in [3.8, 4) is 0 Å². The average Bonchev–Trinajstić information content (AvgIpc) is 2.61. The minimum absolute atomic E-state index is 0.0786. The first kappa shape index (κ1) is 20.1. The number of hydrogen-bond acceptors (Lipinski definition) is 4. The van der Waals surface area contributed by atoms with Gasteiger partial charge in [0.25, 0.3) is 5.91 Å².